The molecule has 3 rings (SSSR count). The normalized spacial score (nSPS) is 19.5. The van der Waals surface area contributed by atoms with Crippen molar-refractivity contribution in [3.8, 4) is 0 Å². The summed E-state index contributed by atoms with van der Waals surface area (Å²) in [4.78, 5) is 21.1. The van der Waals surface area contributed by atoms with E-state index in [2.05, 4.69) is 55.9 Å². The number of aromatic amines is 1. The fourth-order valence-electron chi connectivity index (χ4n) is 2.58. The zero-order valence-corrected chi connectivity index (χ0v) is 12.4. The minimum absolute atomic E-state index is 0.120. The lowest BCUT2D eigenvalue weighted by molar-refractivity contribution is 0.138. The number of rotatable bonds is 2. The van der Waals surface area contributed by atoms with Crippen molar-refractivity contribution in [2.45, 2.75) is 19.4 Å². The number of piperazine rings is 1. The first-order chi connectivity index (χ1) is 9.51. The van der Waals surface area contributed by atoms with Crippen molar-refractivity contribution >= 4 is 22.9 Å². The summed E-state index contributed by atoms with van der Waals surface area (Å²) in [5.41, 5.74) is 1.73. The Morgan fingerprint density at radius 2 is 2.10 bits per heavy atom. The molecule has 1 aliphatic rings. The third-order valence-electron chi connectivity index (χ3n) is 4.11. The predicted octanol–water partition coefficient (Wildman–Crippen LogP) is 0.925. The van der Waals surface area contributed by atoms with Gasteiger partial charge in [0, 0.05) is 32.2 Å². The van der Waals surface area contributed by atoms with Crippen molar-refractivity contribution in [2.75, 3.05) is 43.9 Å². The van der Waals surface area contributed by atoms with Gasteiger partial charge in [-0.1, -0.05) is 0 Å². The van der Waals surface area contributed by atoms with Crippen molar-refractivity contribution in [2.24, 2.45) is 0 Å². The van der Waals surface area contributed by atoms with E-state index in [1.54, 1.807) is 6.33 Å². The molecule has 0 aromatic carbocycles. The van der Waals surface area contributed by atoms with Gasteiger partial charge < -0.3 is 15.2 Å². The van der Waals surface area contributed by atoms with Crippen LogP contribution in [0.25, 0.3) is 11.2 Å². The lowest BCUT2D eigenvalue weighted by Gasteiger charge is -2.45. The number of hydrogen-bond acceptors (Lipinski definition) is 6. The average molecular weight is 275 g/mol. The van der Waals surface area contributed by atoms with E-state index in [1.165, 1.54) is 0 Å². The van der Waals surface area contributed by atoms with E-state index >= 15 is 0 Å². The third kappa shape index (κ3) is 2.07. The number of aromatic nitrogens is 4. The van der Waals surface area contributed by atoms with Crippen molar-refractivity contribution < 1.29 is 0 Å². The van der Waals surface area contributed by atoms with Gasteiger partial charge in [0.05, 0.1) is 6.33 Å². The van der Waals surface area contributed by atoms with Gasteiger partial charge in [0.1, 0.15) is 5.52 Å². The number of nitrogens with zero attached hydrogens (tertiary/aromatic N) is 5. The van der Waals surface area contributed by atoms with Crippen molar-refractivity contribution in [1.29, 1.82) is 0 Å². The zero-order chi connectivity index (χ0) is 14.3. The van der Waals surface area contributed by atoms with Crippen LogP contribution >= 0.6 is 0 Å². The molecule has 108 valence electrons. The second-order valence-electron chi connectivity index (χ2n) is 5.88. The molecule has 0 unspecified atom stereocenters. The maximum absolute atomic E-state index is 4.62. The van der Waals surface area contributed by atoms with E-state index in [0.29, 0.717) is 11.6 Å². The van der Waals surface area contributed by atoms with E-state index < -0.39 is 0 Å². The monoisotopic (exact) mass is 275 g/mol. The Morgan fingerprint density at radius 1 is 1.30 bits per heavy atom. The van der Waals surface area contributed by atoms with Gasteiger partial charge in [0.25, 0.3) is 0 Å². The zero-order valence-electron chi connectivity index (χ0n) is 12.4. The fourth-order valence-corrected chi connectivity index (χ4v) is 2.58. The lowest BCUT2D eigenvalue weighted by Crippen LogP contribution is -2.58. The second-order valence-corrected chi connectivity index (χ2v) is 5.88. The molecule has 1 fully saturated rings. The number of nitrogens with one attached hydrogen (secondary N) is 2. The molecule has 0 saturated carbocycles. The van der Waals surface area contributed by atoms with Crippen molar-refractivity contribution in [3.05, 3.63) is 6.33 Å². The van der Waals surface area contributed by atoms with Gasteiger partial charge in [-0.15, -0.1) is 0 Å². The molecular weight excluding hydrogens is 254 g/mol. The van der Waals surface area contributed by atoms with Gasteiger partial charge in [-0.2, -0.15) is 9.97 Å². The Balaban J connectivity index is 2.03. The molecule has 0 bridgehead atoms. The molecule has 2 aromatic rings. The summed E-state index contributed by atoms with van der Waals surface area (Å²) in [7, 11) is 3.99. The standard InChI is InChI=1S/C13H21N7/c1-13(2)7-20(6-5-19(13)4)11-9-10(16-8-15-9)17-12(14-3)18-11/h8H,5-7H2,1-4H3,(H2,14,15,16,17,18). The van der Waals surface area contributed by atoms with E-state index in [9.17, 15) is 0 Å². The van der Waals surface area contributed by atoms with Gasteiger partial charge in [-0.05, 0) is 20.9 Å². The Kier molecular flexibility index (Phi) is 3.01. The molecule has 2 aromatic heterocycles. The molecule has 20 heavy (non-hydrogen) atoms. The van der Waals surface area contributed by atoms with Crippen LogP contribution < -0.4 is 10.2 Å². The summed E-state index contributed by atoms with van der Waals surface area (Å²) in [5, 5.41) is 3.00. The summed E-state index contributed by atoms with van der Waals surface area (Å²) >= 11 is 0. The van der Waals surface area contributed by atoms with Gasteiger partial charge in [-0.25, -0.2) is 4.98 Å². The molecule has 0 aliphatic carbocycles. The van der Waals surface area contributed by atoms with E-state index in [4.69, 9.17) is 0 Å². The topological polar surface area (TPSA) is 73.0 Å². The number of hydrogen-bond donors (Lipinski definition) is 2. The quantitative estimate of drug-likeness (QED) is 0.849. The minimum atomic E-state index is 0.120. The summed E-state index contributed by atoms with van der Waals surface area (Å²) in [6, 6.07) is 0. The molecule has 3 heterocycles. The smallest absolute Gasteiger partial charge is 0.226 e. The second kappa shape index (κ2) is 4.59. The lowest BCUT2D eigenvalue weighted by atomic mass is 10.00. The Bertz CT molecular complexity index is 618. The predicted molar refractivity (Wildman–Crippen MR) is 80.2 cm³/mol. The minimum Gasteiger partial charge on any atom is -0.357 e. The van der Waals surface area contributed by atoms with Crippen LogP contribution in [0.3, 0.4) is 0 Å². The maximum Gasteiger partial charge on any atom is 0.226 e. The van der Waals surface area contributed by atoms with Crippen LogP contribution in [0.1, 0.15) is 13.8 Å². The first kappa shape index (κ1) is 13.1. The highest BCUT2D eigenvalue weighted by atomic mass is 15.3. The van der Waals surface area contributed by atoms with Gasteiger partial charge in [0.2, 0.25) is 5.95 Å². The molecule has 0 atom stereocenters. The SMILES string of the molecule is CNc1nc(N2CCN(C)C(C)(C)C2)c2[nH]cnc2n1. The number of imidazole rings is 1. The molecule has 0 radical (unpaired) electrons. The van der Waals surface area contributed by atoms with Crippen LogP contribution in [0.2, 0.25) is 0 Å². The van der Waals surface area contributed by atoms with Crippen LogP contribution in [0.4, 0.5) is 11.8 Å². The summed E-state index contributed by atoms with van der Waals surface area (Å²) in [6.45, 7) is 7.40. The molecule has 7 nitrogen and oxygen atoms in total. The fraction of sp³-hybridized carbons (Fsp3) is 0.615. The highest BCUT2D eigenvalue weighted by molar-refractivity contribution is 5.84. The largest absolute Gasteiger partial charge is 0.357 e. The van der Waals surface area contributed by atoms with Crippen LogP contribution in [-0.2, 0) is 0 Å². The van der Waals surface area contributed by atoms with E-state index in [1.807, 2.05) is 7.05 Å². The number of anilines is 2. The van der Waals surface area contributed by atoms with Crippen LogP contribution in [-0.4, -0.2) is 64.1 Å². The first-order valence-electron chi connectivity index (χ1n) is 6.86. The Hall–Kier alpha value is -1.89. The van der Waals surface area contributed by atoms with Crippen LogP contribution in [0.5, 0.6) is 0 Å². The molecule has 1 aliphatic heterocycles. The van der Waals surface area contributed by atoms with Crippen LogP contribution in [0, 0.1) is 0 Å². The Morgan fingerprint density at radius 3 is 2.80 bits per heavy atom. The highest BCUT2D eigenvalue weighted by Gasteiger charge is 2.32. The number of likely N-dealkylation sites (N-methyl/N-ethyl adjacent to an activating group) is 1. The molecule has 1 saturated heterocycles. The molecule has 7 heteroatoms. The number of H-pyrrole nitrogens is 1. The van der Waals surface area contributed by atoms with Crippen LogP contribution in [0.15, 0.2) is 6.33 Å². The van der Waals surface area contributed by atoms with Crippen molar-refractivity contribution in [3.63, 3.8) is 0 Å². The average Bonchev–Trinajstić information content (AvgIpc) is 2.88. The third-order valence-corrected chi connectivity index (χ3v) is 4.11. The van der Waals surface area contributed by atoms with Crippen molar-refractivity contribution in [1.82, 2.24) is 24.8 Å². The van der Waals surface area contributed by atoms with Gasteiger partial charge in [0.15, 0.2) is 11.5 Å². The van der Waals surface area contributed by atoms with E-state index in [0.717, 1.165) is 31.0 Å². The highest BCUT2D eigenvalue weighted by Crippen LogP contribution is 2.27. The number of fused-ring (bicyclic) bond motifs is 1. The molecule has 2 N–H and O–H groups in total. The summed E-state index contributed by atoms with van der Waals surface area (Å²) in [6.07, 6.45) is 1.67. The molecular formula is C13H21N7. The van der Waals surface area contributed by atoms with E-state index in [-0.39, 0.29) is 5.54 Å². The molecule has 0 amide bonds. The maximum atomic E-state index is 4.62. The first-order valence-corrected chi connectivity index (χ1v) is 6.86. The summed E-state index contributed by atoms with van der Waals surface area (Å²) < 4.78 is 0. The Labute approximate surface area is 118 Å². The van der Waals surface area contributed by atoms with Gasteiger partial charge in [-0.3, -0.25) is 4.90 Å². The van der Waals surface area contributed by atoms with Gasteiger partial charge >= 0.3 is 0 Å². The summed E-state index contributed by atoms with van der Waals surface area (Å²) in [5.74, 6) is 1.54. The molecule has 0 spiro atoms.